The number of carbonyl (C=O) groups is 11. The Labute approximate surface area is 738 Å². The highest BCUT2D eigenvalue weighted by Gasteiger charge is 2.69. The number of nitrogens with one attached hydrogen (secondary N) is 5. The van der Waals surface area contributed by atoms with Gasteiger partial charge in [-0.2, -0.15) is 0 Å². The number of rotatable bonds is 17. The molecule has 124 heavy (non-hydrogen) atoms. The van der Waals surface area contributed by atoms with Gasteiger partial charge in [0.1, 0.15) is 50.6 Å². The summed E-state index contributed by atoms with van der Waals surface area (Å²) in [5.74, 6) is -2.26. The molecule has 0 aromatic rings. The monoisotopic (exact) mass is 1750 g/mol. The van der Waals surface area contributed by atoms with E-state index >= 15 is 0 Å². The minimum atomic E-state index is -1.32. The summed E-state index contributed by atoms with van der Waals surface area (Å²) >= 11 is 0. The van der Waals surface area contributed by atoms with E-state index in [1.165, 1.54) is 21.5 Å². The minimum absolute atomic E-state index is 0.00551. The highest BCUT2D eigenvalue weighted by molar-refractivity contribution is 6.45. The number of likely N-dealkylation sites (tertiary alicyclic amines) is 4. The first-order valence-electron chi connectivity index (χ1n) is 44.7. The van der Waals surface area contributed by atoms with Gasteiger partial charge >= 0.3 is 52.3 Å². The number of amides is 8. The molecule has 17 unspecified atom stereocenters. The van der Waals surface area contributed by atoms with Crippen molar-refractivity contribution in [1.82, 2.24) is 46.2 Å². The highest BCUT2D eigenvalue weighted by Crippen LogP contribution is 2.55. The lowest BCUT2D eigenvalue weighted by atomic mass is 9.71. The van der Waals surface area contributed by atoms with Gasteiger partial charge in [-0.1, -0.05) is 25.0 Å². The van der Waals surface area contributed by atoms with Gasteiger partial charge in [0.25, 0.3) is 0 Å². The van der Waals surface area contributed by atoms with E-state index in [-0.39, 0.29) is 156 Å². The lowest BCUT2D eigenvalue weighted by Crippen LogP contribution is -2.70. The zero-order valence-corrected chi connectivity index (χ0v) is 79.8. The van der Waals surface area contributed by atoms with Crippen molar-refractivity contribution in [2.45, 2.75) is 386 Å². The van der Waals surface area contributed by atoms with Crippen LogP contribution in [0, 0.1) is 53.3 Å². The molecular weight excluding hydrogens is 1590 g/mol. The van der Waals surface area contributed by atoms with Crippen LogP contribution in [-0.2, 0) is 71.1 Å². The van der Waals surface area contributed by atoms with Gasteiger partial charge in [-0.15, -0.1) is 13.2 Å². The maximum Gasteiger partial charge on any atom is 0.488 e. The summed E-state index contributed by atoms with van der Waals surface area (Å²) in [5, 5.41) is 42.4. The SMILES string of the molecule is C=CCC1C(=O)C2CC1N(C(=O)OC(C)(C)C)C2.C=CCC1C2CC(CN2C(=O)OC(C)(C)C)C1(NC(C)=O)C(=O)NC(C)(C)C.CC(=O)NC1(C(=O)NC(C)(C)C)C2CC(C1CCCB1OC(C)(C)C(C)(C)O1)N(C(=O)OC(C)(C)C)C2.CC(C)(C)OC(=O)N1CC2CC1CC2=O.CC1(C)O[B]OC1(C)C.NC1(C(=O)O)C2CNC(C2)C1CCCB(O)O. The molecule has 10 N–H and O–H groups in total. The van der Waals surface area contributed by atoms with Crippen molar-refractivity contribution in [3.8, 4) is 0 Å². The Hall–Kier alpha value is -6.88. The minimum Gasteiger partial charge on any atom is -0.480 e. The number of ketones is 2. The third kappa shape index (κ3) is 24.8. The molecule has 10 bridgehead atoms. The highest BCUT2D eigenvalue weighted by atomic mass is 16.7. The average molecular weight is 1750 g/mol. The predicted octanol–water partition coefficient (Wildman–Crippen LogP) is 10.2. The zero-order valence-electron chi connectivity index (χ0n) is 79.8. The van der Waals surface area contributed by atoms with Crippen molar-refractivity contribution in [3.63, 3.8) is 0 Å². The fourth-order valence-corrected chi connectivity index (χ4v) is 19.8. The number of piperidine rings is 5. The Morgan fingerprint density at radius 2 is 0.960 bits per heavy atom. The van der Waals surface area contributed by atoms with E-state index in [4.69, 9.17) is 53.3 Å². The van der Waals surface area contributed by atoms with Crippen LogP contribution >= 0.6 is 0 Å². The molecule has 12 fully saturated rings. The van der Waals surface area contributed by atoms with E-state index in [2.05, 4.69) is 39.7 Å². The maximum atomic E-state index is 13.9. The van der Waals surface area contributed by atoms with Crippen LogP contribution in [0.3, 0.4) is 0 Å². The number of carboxylic acid groups (broad SMARTS) is 1. The van der Waals surface area contributed by atoms with Crippen LogP contribution in [0.5, 0.6) is 0 Å². The predicted molar refractivity (Wildman–Crippen MR) is 471 cm³/mol. The van der Waals surface area contributed by atoms with Gasteiger partial charge in [0.15, 0.2) is 0 Å². The molecule has 8 amide bonds. The van der Waals surface area contributed by atoms with Gasteiger partial charge in [0.2, 0.25) is 23.6 Å². The molecule has 0 aromatic heterocycles. The Bertz CT molecular complexity index is 3850. The van der Waals surface area contributed by atoms with E-state index in [9.17, 15) is 57.8 Å². The molecule has 699 valence electrons. The van der Waals surface area contributed by atoms with Crippen LogP contribution in [0.25, 0.3) is 0 Å². The number of Topliss-reactive ketones (excluding diaryl/α,β-unsaturated/α-hetero) is 2. The first-order valence-corrected chi connectivity index (χ1v) is 44.7. The number of ether oxygens (including phenoxy) is 4. The number of nitrogens with two attached hydrogens (primary N) is 1. The summed E-state index contributed by atoms with van der Waals surface area (Å²) in [5.41, 5.74) is -1.48. The maximum absolute atomic E-state index is 13.9. The molecule has 7 heterocycles. The number of carbonyl (C=O) groups excluding carboxylic acids is 10. The average Bonchev–Trinajstić information content (AvgIpc) is 1.55. The molecule has 32 nitrogen and oxygen atoms in total. The van der Waals surface area contributed by atoms with Crippen LogP contribution in [0.2, 0.25) is 12.6 Å². The van der Waals surface area contributed by atoms with Crippen LogP contribution in [0.15, 0.2) is 25.3 Å². The Morgan fingerprint density at radius 1 is 0.548 bits per heavy atom. The summed E-state index contributed by atoms with van der Waals surface area (Å²) in [6, 6.07) is -0.129. The Balaban J connectivity index is 0.000000215. The summed E-state index contributed by atoms with van der Waals surface area (Å²) in [7, 11) is -0.248. The van der Waals surface area contributed by atoms with Gasteiger partial charge in [0, 0.05) is 148 Å². The molecule has 7 saturated heterocycles. The van der Waals surface area contributed by atoms with Crippen molar-refractivity contribution >= 4 is 87.5 Å². The van der Waals surface area contributed by atoms with Crippen molar-refractivity contribution in [3.05, 3.63) is 25.3 Å². The normalized spacial score (nSPS) is 31.4. The molecule has 17 atom stereocenters. The number of hydrogen-bond donors (Lipinski definition) is 9. The second-order valence-corrected chi connectivity index (χ2v) is 44.2. The van der Waals surface area contributed by atoms with Gasteiger partial charge in [-0.05, 0) is 250 Å². The number of nitrogens with zero attached hydrogens (tertiary/aromatic N) is 4. The van der Waals surface area contributed by atoms with Gasteiger partial charge in [0.05, 0.1) is 22.4 Å². The molecule has 0 spiro atoms. The lowest BCUT2D eigenvalue weighted by Gasteiger charge is -2.47. The molecule has 35 heteroatoms. The number of carboxylic acids is 1. The van der Waals surface area contributed by atoms with Crippen LogP contribution in [0.1, 0.15) is 271 Å². The van der Waals surface area contributed by atoms with Crippen LogP contribution in [-0.4, -0.2) is 258 Å². The van der Waals surface area contributed by atoms with Crippen molar-refractivity contribution in [2.75, 3.05) is 32.7 Å². The largest absolute Gasteiger partial charge is 0.488 e. The standard InChI is InChI=1S/C27H48BN3O6.C21H35N3O4.C14H21NO3.C11H17NO3.C10H19BN2O4.C6H12BO2/c1-17(32)29-27(21(33)30-23(2,3)4)18-15-20(31(16-18)22(34)35-24(5,6)7)19(27)13-12-14-28-36-25(8,9)26(10,11)37-28;1-9-10-15-16-11-14(12-24(16)18(27)28-20(6,7)8)21(15,22-13(2)25)17(26)23-19(3,4)5;1-5-6-10-11-7-9(12(10)16)8-15(11)13(17)18-14(2,3)4;1-11(2,3)15-10(14)12-6-7-4-8(12)5-9(7)13;12-10(9(14)15)6-4-8(13-5-6)7(10)2-1-3-11(16)17;1-5(2)6(3,4)9-7-8-5/h18-20H,12-16H2,1-11H3,(H,29,32)(H,30,33);9,14-16H,1,10-12H2,2-8H3,(H,22,25)(H,23,26);5,9-11H,1,6-8H2,2-4H3;7-8H,4-6H2,1-3H3;6-8,13,16-17H,1-5,12H2,(H,14,15);1-4H3. The van der Waals surface area contributed by atoms with Gasteiger partial charge < -0.3 is 105 Å². The molecule has 12 aliphatic rings. The van der Waals surface area contributed by atoms with Gasteiger partial charge in [-0.25, -0.2) is 19.2 Å². The number of fused-ring (bicyclic) bond motifs is 10. The van der Waals surface area contributed by atoms with E-state index in [0.717, 1.165) is 25.7 Å². The third-order valence-corrected chi connectivity index (χ3v) is 26.5. The Morgan fingerprint density at radius 3 is 1.32 bits per heavy atom. The molecule has 12 rings (SSSR count). The van der Waals surface area contributed by atoms with Crippen molar-refractivity contribution < 1.29 is 105 Å². The topological polar surface area (TPSA) is 421 Å². The summed E-state index contributed by atoms with van der Waals surface area (Å²) in [6.07, 6.45) is 11.1. The lowest BCUT2D eigenvalue weighted by molar-refractivity contribution is -0.147. The zero-order chi connectivity index (χ0) is 94.1. The van der Waals surface area contributed by atoms with Crippen LogP contribution < -0.4 is 32.3 Å². The Kier molecular flexibility index (Phi) is 32.6. The van der Waals surface area contributed by atoms with E-state index in [1.54, 1.807) is 31.8 Å². The molecule has 7 aliphatic heterocycles. The quantitative estimate of drug-likeness (QED) is 0.0371. The molecule has 1 radical (unpaired) electrons. The number of allylic oxidation sites excluding steroid dienone is 2. The van der Waals surface area contributed by atoms with E-state index in [1.807, 2.05) is 180 Å². The number of hydrogen-bond acceptors (Lipinski definition) is 23. The summed E-state index contributed by atoms with van der Waals surface area (Å²) in [4.78, 5) is 143. The first kappa shape index (κ1) is 104. The molecule has 5 aliphatic carbocycles. The smallest absolute Gasteiger partial charge is 0.480 e. The fraction of sp³-hybridized carbons (Fsp3) is 0.831. The second kappa shape index (κ2) is 38.8. The summed E-state index contributed by atoms with van der Waals surface area (Å²) in [6.45, 7) is 62.7. The van der Waals surface area contributed by atoms with Crippen LogP contribution in [0.4, 0.5) is 19.2 Å². The first-order chi connectivity index (χ1) is 56.5. The van der Waals surface area contributed by atoms with Crippen molar-refractivity contribution in [1.29, 1.82) is 0 Å². The fourth-order valence-electron chi connectivity index (χ4n) is 19.8. The third-order valence-electron chi connectivity index (χ3n) is 26.5. The molecule has 0 aromatic carbocycles. The van der Waals surface area contributed by atoms with Gasteiger partial charge in [-0.3, -0.25) is 33.6 Å². The van der Waals surface area contributed by atoms with Crippen molar-refractivity contribution in [2.24, 2.45) is 59.0 Å². The number of aliphatic carboxylic acids is 1. The summed E-state index contributed by atoms with van der Waals surface area (Å²) < 4.78 is 44.7. The molecule has 5 saturated carbocycles. The van der Waals surface area contributed by atoms with E-state index in [0.29, 0.717) is 102 Å². The van der Waals surface area contributed by atoms with E-state index < -0.39 is 74.4 Å². The molecular formula is C89H152B3N10O22. The second-order valence-electron chi connectivity index (χ2n) is 44.2.